The van der Waals surface area contributed by atoms with E-state index in [2.05, 4.69) is 50.1 Å². The van der Waals surface area contributed by atoms with Gasteiger partial charge in [0, 0.05) is 43.6 Å². The van der Waals surface area contributed by atoms with Crippen LogP contribution in [-0.4, -0.2) is 50.7 Å². The molecule has 9 nitrogen and oxygen atoms in total. The summed E-state index contributed by atoms with van der Waals surface area (Å²) in [4.78, 5) is 21.7. The van der Waals surface area contributed by atoms with Gasteiger partial charge in [-0.25, -0.2) is 19.9 Å². The number of hydrogen-bond donors (Lipinski definition) is 3. The van der Waals surface area contributed by atoms with Gasteiger partial charge in [0.05, 0.1) is 17.0 Å². The Balaban J connectivity index is 1.36. The number of rotatable bonds is 5. The van der Waals surface area contributed by atoms with Crippen molar-refractivity contribution in [2.24, 2.45) is 5.73 Å². The van der Waals surface area contributed by atoms with Crippen LogP contribution in [0.25, 0.3) is 39.6 Å². The van der Waals surface area contributed by atoms with E-state index in [9.17, 15) is 0 Å². The minimum atomic E-state index is -0.224. The van der Waals surface area contributed by atoms with E-state index in [1.165, 1.54) is 6.42 Å². The molecule has 0 unspecified atom stereocenters. The topological polar surface area (TPSA) is 124 Å². The Kier molecular flexibility index (Phi) is 5.75. The zero-order valence-electron chi connectivity index (χ0n) is 21.7. The minimum absolute atomic E-state index is 0.224. The first-order valence-corrected chi connectivity index (χ1v) is 13.5. The largest absolute Gasteiger partial charge is 0.383 e. The number of benzene rings is 1. The summed E-state index contributed by atoms with van der Waals surface area (Å²) in [6.45, 7) is 3.79. The fourth-order valence-corrected chi connectivity index (χ4v) is 5.56. The normalized spacial score (nSPS) is 16.8. The maximum absolute atomic E-state index is 6.60. The second-order valence-electron chi connectivity index (χ2n) is 10.4. The van der Waals surface area contributed by atoms with Gasteiger partial charge in [0.15, 0.2) is 11.5 Å². The number of nitrogens with two attached hydrogens (primary N) is 2. The Morgan fingerprint density at radius 2 is 1.62 bits per heavy atom. The van der Waals surface area contributed by atoms with Gasteiger partial charge >= 0.3 is 0 Å². The molecule has 0 spiro atoms. The van der Waals surface area contributed by atoms with Gasteiger partial charge in [-0.15, -0.1) is 0 Å². The SMILES string of the molecule is Nc1ncccc1-c1nc2ccc(-c3cccc(N4CCNCC4)n3)nc2n1-c1ccc(C2(N)CCC2)cc1. The molecule has 0 atom stereocenters. The molecule has 39 heavy (non-hydrogen) atoms. The van der Waals surface area contributed by atoms with E-state index < -0.39 is 0 Å². The molecular weight excluding hydrogens is 486 g/mol. The Morgan fingerprint density at radius 3 is 2.36 bits per heavy atom. The lowest BCUT2D eigenvalue weighted by Gasteiger charge is -2.38. The smallest absolute Gasteiger partial charge is 0.165 e. The van der Waals surface area contributed by atoms with Crippen molar-refractivity contribution in [2.45, 2.75) is 24.8 Å². The summed E-state index contributed by atoms with van der Waals surface area (Å²) in [6.07, 6.45) is 4.89. The fraction of sp³-hybridized carbons (Fsp3) is 0.267. The number of anilines is 2. The summed E-state index contributed by atoms with van der Waals surface area (Å²) in [5.74, 6) is 2.09. The lowest BCUT2D eigenvalue weighted by atomic mass is 9.73. The van der Waals surface area contributed by atoms with Crippen molar-refractivity contribution >= 4 is 22.8 Å². The number of nitrogens with zero attached hydrogens (tertiary/aromatic N) is 6. The van der Waals surface area contributed by atoms with Crippen LogP contribution in [0.1, 0.15) is 24.8 Å². The number of piperazine rings is 1. The third-order valence-electron chi connectivity index (χ3n) is 7.97. The van der Waals surface area contributed by atoms with E-state index in [0.717, 1.165) is 84.2 Å². The maximum Gasteiger partial charge on any atom is 0.165 e. The Hall–Kier alpha value is -4.34. The van der Waals surface area contributed by atoms with Crippen molar-refractivity contribution in [1.29, 1.82) is 0 Å². The van der Waals surface area contributed by atoms with Crippen LogP contribution in [0.15, 0.2) is 72.9 Å². The number of nitrogen functional groups attached to an aromatic ring is 1. The van der Waals surface area contributed by atoms with Crippen molar-refractivity contribution in [3.8, 4) is 28.5 Å². The van der Waals surface area contributed by atoms with Crippen molar-refractivity contribution in [2.75, 3.05) is 36.8 Å². The summed E-state index contributed by atoms with van der Waals surface area (Å²) >= 11 is 0. The average molecular weight is 518 g/mol. The minimum Gasteiger partial charge on any atom is -0.383 e. The van der Waals surface area contributed by atoms with Gasteiger partial charge < -0.3 is 21.7 Å². The number of imidazole rings is 1. The molecule has 1 saturated carbocycles. The van der Waals surface area contributed by atoms with Gasteiger partial charge in [0.1, 0.15) is 17.2 Å². The van der Waals surface area contributed by atoms with E-state index >= 15 is 0 Å². The van der Waals surface area contributed by atoms with Crippen LogP contribution in [0.4, 0.5) is 11.6 Å². The zero-order valence-corrected chi connectivity index (χ0v) is 21.7. The van der Waals surface area contributed by atoms with Crippen LogP contribution in [0, 0.1) is 0 Å². The number of hydrogen-bond acceptors (Lipinski definition) is 8. The third-order valence-corrected chi connectivity index (χ3v) is 7.97. The second-order valence-corrected chi connectivity index (χ2v) is 10.4. The van der Waals surface area contributed by atoms with E-state index in [1.54, 1.807) is 6.20 Å². The Morgan fingerprint density at radius 1 is 0.821 bits per heavy atom. The summed E-state index contributed by atoms with van der Waals surface area (Å²) in [5.41, 5.74) is 18.7. The van der Waals surface area contributed by atoms with Crippen molar-refractivity contribution in [3.05, 3.63) is 78.5 Å². The molecule has 2 fully saturated rings. The van der Waals surface area contributed by atoms with Crippen LogP contribution in [0.5, 0.6) is 0 Å². The third kappa shape index (κ3) is 4.20. The summed E-state index contributed by atoms with van der Waals surface area (Å²) in [7, 11) is 0. The summed E-state index contributed by atoms with van der Waals surface area (Å²) < 4.78 is 2.06. The van der Waals surface area contributed by atoms with Crippen LogP contribution >= 0.6 is 0 Å². The first-order chi connectivity index (χ1) is 19.1. The van der Waals surface area contributed by atoms with E-state index in [-0.39, 0.29) is 5.54 Å². The van der Waals surface area contributed by atoms with Crippen LogP contribution in [-0.2, 0) is 5.54 Å². The van der Waals surface area contributed by atoms with Gasteiger partial charge in [-0.2, -0.15) is 0 Å². The van der Waals surface area contributed by atoms with Crippen LogP contribution in [0.2, 0.25) is 0 Å². The van der Waals surface area contributed by atoms with E-state index in [1.807, 2.05) is 36.4 Å². The standard InChI is InChI=1S/C30H31N9/c31-27-22(4-2-15-34-27)28-37-25-12-11-24(23-5-1-6-26(35-23)38-18-16-33-17-19-38)36-29(25)39(28)21-9-7-20(8-10-21)30(32)13-3-14-30/h1-2,4-12,15,33H,3,13-14,16-19,32H2,(H2,31,34). The predicted molar refractivity (Wildman–Crippen MR) is 155 cm³/mol. The number of pyridine rings is 3. The molecule has 5 heterocycles. The molecule has 1 saturated heterocycles. The van der Waals surface area contributed by atoms with Gasteiger partial charge in [-0.1, -0.05) is 18.2 Å². The Bertz CT molecular complexity index is 1650. The molecule has 196 valence electrons. The highest BCUT2D eigenvalue weighted by Crippen LogP contribution is 2.39. The quantitative estimate of drug-likeness (QED) is 0.321. The molecule has 9 heteroatoms. The lowest BCUT2D eigenvalue weighted by molar-refractivity contribution is 0.253. The van der Waals surface area contributed by atoms with E-state index in [0.29, 0.717) is 11.6 Å². The number of nitrogens with one attached hydrogen (secondary N) is 1. The first kappa shape index (κ1) is 23.8. The number of fused-ring (bicyclic) bond motifs is 1. The molecule has 0 bridgehead atoms. The maximum atomic E-state index is 6.60. The molecular formula is C30H31N9. The monoisotopic (exact) mass is 517 g/mol. The molecule has 5 aromatic rings. The molecule has 5 N–H and O–H groups in total. The highest BCUT2D eigenvalue weighted by molar-refractivity contribution is 5.84. The second kappa shape index (κ2) is 9.44. The highest BCUT2D eigenvalue weighted by atomic mass is 15.2. The predicted octanol–water partition coefficient (Wildman–Crippen LogP) is 3.87. The van der Waals surface area contributed by atoms with Gasteiger partial charge in [0.25, 0.3) is 0 Å². The molecule has 4 aromatic heterocycles. The molecule has 7 rings (SSSR count). The van der Waals surface area contributed by atoms with Crippen molar-refractivity contribution < 1.29 is 0 Å². The number of aromatic nitrogens is 5. The molecule has 0 radical (unpaired) electrons. The van der Waals surface area contributed by atoms with Crippen molar-refractivity contribution in [1.82, 2.24) is 29.8 Å². The van der Waals surface area contributed by atoms with Crippen LogP contribution in [0.3, 0.4) is 0 Å². The molecule has 0 amide bonds. The first-order valence-electron chi connectivity index (χ1n) is 13.5. The van der Waals surface area contributed by atoms with Gasteiger partial charge in [0.2, 0.25) is 0 Å². The van der Waals surface area contributed by atoms with Crippen molar-refractivity contribution in [3.63, 3.8) is 0 Å². The van der Waals surface area contributed by atoms with E-state index in [4.69, 9.17) is 26.4 Å². The lowest BCUT2D eigenvalue weighted by Crippen LogP contribution is -2.43. The highest BCUT2D eigenvalue weighted by Gasteiger charge is 2.34. The average Bonchev–Trinajstić information content (AvgIpc) is 3.35. The molecule has 1 aliphatic carbocycles. The van der Waals surface area contributed by atoms with Gasteiger partial charge in [-0.05, 0) is 73.4 Å². The summed E-state index contributed by atoms with van der Waals surface area (Å²) in [6, 6.07) is 22.4. The molecule has 2 aliphatic rings. The van der Waals surface area contributed by atoms with Crippen LogP contribution < -0.4 is 21.7 Å². The molecule has 1 aromatic carbocycles. The fourth-order valence-electron chi connectivity index (χ4n) is 5.56. The Labute approximate surface area is 226 Å². The van der Waals surface area contributed by atoms with Gasteiger partial charge in [-0.3, -0.25) is 4.57 Å². The molecule has 1 aliphatic heterocycles. The zero-order chi connectivity index (χ0) is 26.4. The summed E-state index contributed by atoms with van der Waals surface area (Å²) in [5, 5.41) is 3.40.